The first-order valence-electron chi connectivity index (χ1n) is 15.1. The zero-order valence-electron chi connectivity index (χ0n) is 25.9. The second kappa shape index (κ2) is 15.5. The van der Waals surface area contributed by atoms with Crippen LogP contribution in [-0.4, -0.2) is 44.3 Å². The van der Waals surface area contributed by atoms with Gasteiger partial charge >= 0.3 is 0 Å². The number of hydrogen-bond acceptors (Lipinski definition) is 4. The van der Waals surface area contributed by atoms with Crippen molar-refractivity contribution in [1.29, 1.82) is 0 Å². The van der Waals surface area contributed by atoms with Crippen LogP contribution in [0, 0.1) is 11.7 Å². The van der Waals surface area contributed by atoms with Gasteiger partial charge in [0.25, 0.3) is 10.0 Å². The number of carbonyl (C=O) groups excluding carboxylic acids is 2. The van der Waals surface area contributed by atoms with Crippen LogP contribution < -0.4 is 9.62 Å². The number of hydrogen-bond donors (Lipinski definition) is 1. The normalized spacial score (nSPS) is 12.0. The maximum Gasteiger partial charge on any atom is 0.264 e. The van der Waals surface area contributed by atoms with Gasteiger partial charge in [0, 0.05) is 25.1 Å². The Balaban J connectivity index is 1.83. The van der Waals surface area contributed by atoms with Crippen molar-refractivity contribution in [2.24, 2.45) is 5.92 Å². The van der Waals surface area contributed by atoms with Gasteiger partial charge in [-0.3, -0.25) is 13.9 Å². The Morgan fingerprint density at radius 1 is 0.800 bits per heavy atom. The van der Waals surface area contributed by atoms with Crippen LogP contribution in [0.5, 0.6) is 0 Å². The van der Waals surface area contributed by atoms with E-state index < -0.39 is 40.2 Å². The van der Waals surface area contributed by atoms with Gasteiger partial charge in [0.05, 0.1) is 10.6 Å². The number of para-hydroxylation sites is 1. The van der Waals surface area contributed by atoms with Crippen molar-refractivity contribution in [3.8, 4) is 0 Å². The summed E-state index contributed by atoms with van der Waals surface area (Å²) in [7, 11) is -4.21. The zero-order valence-corrected chi connectivity index (χ0v) is 26.7. The lowest BCUT2D eigenvalue weighted by atomic mass is 10.0. The molecule has 0 aliphatic carbocycles. The summed E-state index contributed by atoms with van der Waals surface area (Å²) in [6.07, 6.45) is 0.681. The second-order valence-corrected chi connectivity index (χ2v) is 13.1. The van der Waals surface area contributed by atoms with Gasteiger partial charge in [-0.2, -0.15) is 0 Å². The summed E-state index contributed by atoms with van der Waals surface area (Å²) in [5, 5.41) is 2.94. The van der Waals surface area contributed by atoms with Crippen molar-refractivity contribution in [3.05, 3.63) is 132 Å². The Morgan fingerprint density at radius 3 is 2.00 bits per heavy atom. The predicted molar refractivity (Wildman–Crippen MR) is 176 cm³/mol. The van der Waals surface area contributed by atoms with Crippen molar-refractivity contribution in [2.45, 2.75) is 51.1 Å². The maximum absolute atomic E-state index is 15.1. The van der Waals surface area contributed by atoms with Gasteiger partial charge in [0.15, 0.2) is 0 Å². The number of anilines is 1. The Bertz CT molecular complexity index is 1680. The minimum absolute atomic E-state index is 0.0277. The van der Waals surface area contributed by atoms with Crippen molar-refractivity contribution in [2.75, 3.05) is 17.4 Å². The van der Waals surface area contributed by atoms with Gasteiger partial charge in [0.1, 0.15) is 18.4 Å². The Morgan fingerprint density at radius 2 is 1.38 bits per heavy atom. The molecule has 0 fully saturated rings. The summed E-state index contributed by atoms with van der Waals surface area (Å²) in [5.41, 5.74) is 2.12. The van der Waals surface area contributed by atoms with Gasteiger partial charge in [0.2, 0.25) is 11.8 Å². The summed E-state index contributed by atoms with van der Waals surface area (Å²) < 4.78 is 44.5. The van der Waals surface area contributed by atoms with E-state index in [0.29, 0.717) is 18.7 Å². The summed E-state index contributed by atoms with van der Waals surface area (Å²) in [5.74, 6) is -1.41. The average molecular weight is 630 g/mol. The molecule has 0 aliphatic heterocycles. The number of halogens is 1. The summed E-state index contributed by atoms with van der Waals surface area (Å²) >= 11 is 0. The van der Waals surface area contributed by atoms with E-state index in [2.05, 4.69) is 5.32 Å². The molecule has 45 heavy (non-hydrogen) atoms. The SMILES string of the molecule is CCc1ccccc1N(CC(=O)N(Cc1ccccc1F)C(Cc1ccccc1)C(=O)NCC(C)C)S(=O)(=O)c1ccccc1. The molecule has 0 saturated heterocycles. The number of amides is 2. The minimum Gasteiger partial charge on any atom is -0.354 e. The molecule has 0 radical (unpaired) electrons. The molecule has 0 saturated carbocycles. The highest BCUT2D eigenvalue weighted by molar-refractivity contribution is 7.92. The number of nitrogens with zero attached hydrogens (tertiary/aromatic N) is 2. The van der Waals surface area contributed by atoms with Crippen molar-refractivity contribution >= 4 is 27.5 Å². The molecule has 0 bridgehead atoms. The summed E-state index contributed by atoms with van der Waals surface area (Å²) in [4.78, 5) is 29.7. The lowest BCUT2D eigenvalue weighted by Gasteiger charge is -2.34. The van der Waals surface area contributed by atoms with E-state index in [0.717, 1.165) is 15.4 Å². The fraction of sp³-hybridized carbons (Fsp3) is 0.278. The molecule has 0 heterocycles. The third-order valence-electron chi connectivity index (χ3n) is 7.51. The molecule has 0 aromatic heterocycles. The largest absolute Gasteiger partial charge is 0.354 e. The average Bonchev–Trinajstić information content (AvgIpc) is 3.05. The molecule has 4 aromatic carbocycles. The molecule has 7 nitrogen and oxygen atoms in total. The van der Waals surface area contributed by atoms with Crippen LogP contribution in [0.3, 0.4) is 0 Å². The van der Waals surface area contributed by atoms with Crippen LogP contribution in [0.25, 0.3) is 0 Å². The summed E-state index contributed by atoms with van der Waals surface area (Å²) in [6, 6.07) is 29.3. The van der Waals surface area contributed by atoms with Gasteiger partial charge in [-0.1, -0.05) is 106 Å². The highest BCUT2D eigenvalue weighted by Gasteiger charge is 2.35. The molecule has 1 N–H and O–H groups in total. The fourth-order valence-corrected chi connectivity index (χ4v) is 6.55. The van der Waals surface area contributed by atoms with E-state index >= 15 is 4.39 Å². The van der Waals surface area contributed by atoms with E-state index in [1.54, 1.807) is 48.5 Å². The standard InChI is InChI=1S/C36H40FN3O4S/c1-4-29-17-12-14-22-33(29)40(45(43,44)31-19-9-6-10-20-31)26-35(41)39(25-30-18-11-13-21-32(30)37)34(36(42)38-24-27(2)3)23-28-15-7-5-8-16-28/h5-22,27,34H,4,23-26H2,1-3H3,(H,38,42). The number of nitrogens with one attached hydrogen (secondary N) is 1. The van der Waals surface area contributed by atoms with Gasteiger partial charge in [-0.15, -0.1) is 0 Å². The third-order valence-corrected chi connectivity index (χ3v) is 9.28. The van der Waals surface area contributed by atoms with Crippen LogP contribution in [-0.2, 0) is 39.0 Å². The first kappa shape index (κ1) is 33.4. The van der Waals surface area contributed by atoms with E-state index in [-0.39, 0.29) is 29.3 Å². The zero-order chi connectivity index (χ0) is 32.4. The van der Waals surface area contributed by atoms with Gasteiger partial charge in [-0.25, -0.2) is 12.8 Å². The van der Waals surface area contributed by atoms with E-state index in [9.17, 15) is 18.0 Å². The van der Waals surface area contributed by atoms with Crippen LogP contribution in [0.4, 0.5) is 10.1 Å². The highest BCUT2D eigenvalue weighted by atomic mass is 32.2. The van der Waals surface area contributed by atoms with Crippen molar-refractivity contribution < 1.29 is 22.4 Å². The molecule has 0 aliphatic rings. The molecular weight excluding hydrogens is 589 g/mol. The quantitative estimate of drug-likeness (QED) is 0.186. The highest BCUT2D eigenvalue weighted by Crippen LogP contribution is 2.28. The predicted octanol–water partition coefficient (Wildman–Crippen LogP) is 6.00. The molecule has 1 unspecified atom stereocenters. The smallest absolute Gasteiger partial charge is 0.264 e. The van der Waals surface area contributed by atoms with Crippen LogP contribution in [0.15, 0.2) is 114 Å². The maximum atomic E-state index is 15.1. The van der Waals surface area contributed by atoms with E-state index in [1.165, 1.54) is 23.1 Å². The Kier molecular flexibility index (Phi) is 11.5. The number of carbonyl (C=O) groups is 2. The van der Waals surface area contributed by atoms with Crippen molar-refractivity contribution in [3.63, 3.8) is 0 Å². The monoisotopic (exact) mass is 629 g/mol. The molecule has 1 atom stereocenters. The Labute approximate surface area is 265 Å². The summed E-state index contributed by atoms with van der Waals surface area (Å²) in [6.45, 7) is 5.40. The topological polar surface area (TPSA) is 86.8 Å². The molecule has 2 amide bonds. The fourth-order valence-electron chi connectivity index (χ4n) is 5.07. The molecule has 4 aromatic rings. The van der Waals surface area contributed by atoms with Crippen molar-refractivity contribution in [1.82, 2.24) is 10.2 Å². The second-order valence-electron chi connectivity index (χ2n) is 11.3. The Hall–Kier alpha value is -4.50. The molecule has 0 spiro atoms. The first-order chi connectivity index (χ1) is 21.6. The van der Waals surface area contributed by atoms with Crippen LogP contribution in [0.2, 0.25) is 0 Å². The number of benzene rings is 4. The third kappa shape index (κ3) is 8.57. The molecule has 236 valence electrons. The van der Waals surface area contributed by atoms with Gasteiger partial charge < -0.3 is 10.2 Å². The first-order valence-corrected chi connectivity index (χ1v) is 16.6. The molecule has 4 rings (SSSR count). The lowest BCUT2D eigenvalue weighted by Crippen LogP contribution is -2.54. The molecule has 9 heteroatoms. The van der Waals surface area contributed by atoms with E-state index in [4.69, 9.17) is 0 Å². The molecular formula is C36H40FN3O4S. The van der Waals surface area contributed by atoms with Crippen LogP contribution in [0.1, 0.15) is 37.5 Å². The van der Waals surface area contributed by atoms with E-state index in [1.807, 2.05) is 63.2 Å². The number of sulfonamides is 1. The van der Waals surface area contributed by atoms with Gasteiger partial charge in [-0.05, 0) is 47.7 Å². The minimum atomic E-state index is -4.21. The van der Waals surface area contributed by atoms with Crippen LogP contribution >= 0.6 is 0 Å². The lowest BCUT2D eigenvalue weighted by molar-refractivity contribution is -0.140. The number of rotatable bonds is 14. The number of aryl methyl sites for hydroxylation is 1.